The predicted octanol–water partition coefficient (Wildman–Crippen LogP) is 3.72. The van der Waals surface area contributed by atoms with Gasteiger partial charge in [-0.05, 0) is 30.2 Å². The zero-order valence-electron chi connectivity index (χ0n) is 10.4. The second-order valence-corrected chi connectivity index (χ2v) is 4.74. The summed E-state index contributed by atoms with van der Waals surface area (Å²) in [6.07, 6.45) is 0.0885. The molecule has 2 atom stereocenters. The molecule has 0 bridgehead atoms. The monoisotopic (exact) mass is 255 g/mol. The van der Waals surface area contributed by atoms with E-state index < -0.39 is 4.92 Å². The van der Waals surface area contributed by atoms with Gasteiger partial charge in [0, 0.05) is 12.1 Å². The molecule has 0 saturated carbocycles. The Balaban J connectivity index is 1.75. The van der Waals surface area contributed by atoms with Gasteiger partial charge < -0.3 is 4.74 Å². The fraction of sp³-hybridized carbons (Fsp3) is 0.200. The second-order valence-electron chi connectivity index (χ2n) is 4.74. The molecule has 1 aliphatic heterocycles. The molecule has 2 unspecified atom stereocenters. The van der Waals surface area contributed by atoms with Crippen molar-refractivity contribution in [3.05, 3.63) is 75.3 Å². The van der Waals surface area contributed by atoms with Gasteiger partial charge in [-0.15, -0.1) is 0 Å². The lowest BCUT2D eigenvalue weighted by Gasteiger charge is -1.98. The van der Waals surface area contributed by atoms with Gasteiger partial charge in [0.15, 0.2) is 0 Å². The Hall–Kier alpha value is -2.20. The number of nitro groups is 1. The molecule has 0 N–H and O–H groups in total. The molecule has 1 fully saturated rings. The van der Waals surface area contributed by atoms with Crippen LogP contribution in [-0.2, 0) is 4.74 Å². The van der Waals surface area contributed by atoms with E-state index in [1.54, 1.807) is 12.1 Å². The molecule has 0 aromatic heterocycles. The summed E-state index contributed by atoms with van der Waals surface area (Å²) in [7, 11) is 0. The van der Waals surface area contributed by atoms with Crippen molar-refractivity contribution in [2.24, 2.45) is 0 Å². The lowest BCUT2D eigenvalue weighted by atomic mass is 10.0. The van der Waals surface area contributed by atoms with E-state index in [9.17, 15) is 10.1 Å². The van der Waals surface area contributed by atoms with E-state index in [0.29, 0.717) is 0 Å². The number of benzene rings is 2. The van der Waals surface area contributed by atoms with E-state index in [1.807, 2.05) is 6.92 Å². The summed E-state index contributed by atoms with van der Waals surface area (Å²) in [6, 6.07) is 14.8. The van der Waals surface area contributed by atoms with Gasteiger partial charge >= 0.3 is 0 Å². The highest BCUT2D eigenvalue weighted by molar-refractivity contribution is 5.37. The Bertz CT molecular complexity index is 604. The summed E-state index contributed by atoms with van der Waals surface area (Å²) in [5.74, 6) is 0. The molecule has 1 aliphatic rings. The van der Waals surface area contributed by atoms with Crippen LogP contribution in [0, 0.1) is 17.0 Å². The first kappa shape index (κ1) is 11.9. The van der Waals surface area contributed by atoms with Crippen LogP contribution in [0.15, 0.2) is 48.5 Å². The van der Waals surface area contributed by atoms with Gasteiger partial charge in [-0.1, -0.05) is 29.8 Å². The fourth-order valence-corrected chi connectivity index (χ4v) is 2.16. The summed E-state index contributed by atoms with van der Waals surface area (Å²) in [4.78, 5) is 10.2. The minimum Gasteiger partial charge on any atom is -0.359 e. The average molecular weight is 255 g/mol. The van der Waals surface area contributed by atoms with Gasteiger partial charge in [0.2, 0.25) is 0 Å². The Morgan fingerprint density at radius 1 is 0.947 bits per heavy atom. The van der Waals surface area contributed by atoms with Gasteiger partial charge in [-0.3, -0.25) is 10.1 Å². The summed E-state index contributed by atoms with van der Waals surface area (Å²) in [6.45, 7) is 2.05. The highest BCUT2D eigenvalue weighted by atomic mass is 16.6. The van der Waals surface area contributed by atoms with E-state index in [4.69, 9.17) is 4.74 Å². The van der Waals surface area contributed by atoms with E-state index >= 15 is 0 Å². The number of hydrogen-bond donors (Lipinski definition) is 0. The molecule has 96 valence electrons. The molecule has 0 amide bonds. The summed E-state index contributed by atoms with van der Waals surface area (Å²) in [5.41, 5.74) is 3.46. The Morgan fingerprint density at radius 3 is 1.89 bits per heavy atom. The molecule has 4 heteroatoms. The lowest BCUT2D eigenvalue weighted by Crippen LogP contribution is -1.89. The molecular weight excluding hydrogens is 242 g/mol. The lowest BCUT2D eigenvalue weighted by molar-refractivity contribution is -0.384. The Labute approximate surface area is 110 Å². The van der Waals surface area contributed by atoms with Gasteiger partial charge in [0.1, 0.15) is 12.2 Å². The SMILES string of the molecule is Cc1ccc(C2OC2c2ccc([N+](=O)[O-])cc2)cc1. The first-order valence-electron chi connectivity index (χ1n) is 6.11. The highest BCUT2D eigenvalue weighted by Gasteiger charge is 2.41. The molecule has 0 spiro atoms. The Kier molecular flexibility index (Phi) is 2.80. The largest absolute Gasteiger partial charge is 0.359 e. The topological polar surface area (TPSA) is 55.7 Å². The second kappa shape index (κ2) is 4.48. The number of aryl methyl sites for hydroxylation is 1. The van der Waals surface area contributed by atoms with Crippen LogP contribution in [0.3, 0.4) is 0 Å². The standard InChI is InChI=1S/C15H13NO3/c1-10-2-4-11(5-3-10)14-15(19-14)12-6-8-13(9-7-12)16(17)18/h2-9,14-15H,1H3. The first-order valence-corrected chi connectivity index (χ1v) is 6.11. The van der Waals surface area contributed by atoms with Crippen molar-refractivity contribution in [2.75, 3.05) is 0 Å². The number of rotatable bonds is 3. The molecule has 1 heterocycles. The zero-order chi connectivity index (χ0) is 13.4. The van der Waals surface area contributed by atoms with Crippen LogP contribution in [0.25, 0.3) is 0 Å². The van der Waals surface area contributed by atoms with Gasteiger partial charge in [-0.2, -0.15) is 0 Å². The Morgan fingerprint density at radius 2 is 1.42 bits per heavy atom. The number of nitro benzene ring substituents is 1. The van der Waals surface area contributed by atoms with E-state index in [-0.39, 0.29) is 17.9 Å². The maximum atomic E-state index is 10.6. The third kappa shape index (κ3) is 2.35. The zero-order valence-corrected chi connectivity index (χ0v) is 10.4. The summed E-state index contributed by atoms with van der Waals surface area (Å²) in [5, 5.41) is 10.6. The van der Waals surface area contributed by atoms with Crippen LogP contribution in [0.2, 0.25) is 0 Å². The molecule has 2 aromatic carbocycles. The van der Waals surface area contributed by atoms with Crippen molar-refractivity contribution in [1.29, 1.82) is 0 Å². The quantitative estimate of drug-likeness (QED) is 0.477. The summed E-state index contributed by atoms with van der Waals surface area (Å²) < 4.78 is 5.66. The molecule has 19 heavy (non-hydrogen) atoms. The maximum Gasteiger partial charge on any atom is 0.269 e. The van der Waals surface area contributed by atoms with Crippen molar-refractivity contribution < 1.29 is 9.66 Å². The number of hydrogen-bond acceptors (Lipinski definition) is 3. The van der Waals surface area contributed by atoms with Crippen LogP contribution < -0.4 is 0 Å². The van der Waals surface area contributed by atoms with Crippen LogP contribution in [-0.4, -0.2) is 4.92 Å². The third-order valence-corrected chi connectivity index (χ3v) is 3.33. The number of non-ortho nitro benzene ring substituents is 1. The van der Waals surface area contributed by atoms with E-state index in [1.165, 1.54) is 17.7 Å². The van der Waals surface area contributed by atoms with Gasteiger partial charge in [-0.25, -0.2) is 0 Å². The van der Waals surface area contributed by atoms with Crippen molar-refractivity contribution in [3.63, 3.8) is 0 Å². The molecule has 3 rings (SSSR count). The number of nitrogens with zero attached hydrogens (tertiary/aromatic N) is 1. The van der Waals surface area contributed by atoms with E-state index in [0.717, 1.165) is 11.1 Å². The molecule has 1 saturated heterocycles. The first-order chi connectivity index (χ1) is 9.15. The van der Waals surface area contributed by atoms with Gasteiger partial charge in [0.25, 0.3) is 5.69 Å². The van der Waals surface area contributed by atoms with E-state index in [2.05, 4.69) is 24.3 Å². The normalized spacial score (nSPS) is 21.1. The fourth-order valence-electron chi connectivity index (χ4n) is 2.16. The minimum atomic E-state index is -0.394. The van der Waals surface area contributed by atoms with Crippen LogP contribution in [0.5, 0.6) is 0 Å². The molecular formula is C15H13NO3. The smallest absolute Gasteiger partial charge is 0.269 e. The van der Waals surface area contributed by atoms with Crippen LogP contribution in [0.4, 0.5) is 5.69 Å². The van der Waals surface area contributed by atoms with Crippen LogP contribution >= 0.6 is 0 Å². The molecule has 0 aliphatic carbocycles. The van der Waals surface area contributed by atoms with Crippen LogP contribution in [0.1, 0.15) is 28.9 Å². The molecule has 2 aromatic rings. The molecule has 0 radical (unpaired) electrons. The predicted molar refractivity (Wildman–Crippen MR) is 70.8 cm³/mol. The number of epoxide rings is 1. The average Bonchev–Trinajstić information content (AvgIpc) is 3.20. The number of ether oxygens (including phenoxy) is 1. The minimum absolute atomic E-state index is 0.0171. The van der Waals surface area contributed by atoms with Crippen molar-refractivity contribution in [1.82, 2.24) is 0 Å². The van der Waals surface area contributed by atoms with Gasteiger partial charge in [0.05, 0.1) is 4.92 Å². The van der Waals surface area contributed by atoms with Crippen molar-refractivity contribution in [2.45, 2.75) is 19.1 Å². The summed E-state index contributed by atoms with van der Waals surface area (Å²) >= 11 is 0. The van der Waals surface area contributed by atoms with Crippen molar-refractivity contribution >= 4 is 5.69 Å². The maximum absolute atomic E-state index is 10.6. The van der Waals surface area contributed by atoms with Crippen molar-refractivity contribution in [3.8, 4) is 0 Å². The third-order valence-electron chi connectivity index (χ3n) is 3.33. The highest BCUT2D eigenvalue weighted by Crippen LogP contribution is 2.50. The molecule has 4 nitrogen and oxygen atoms in total.